The molecule has 0 radical (unpaired) electrons. The van der Waals surface area contributed by atoms with Crippen LogP contribution in [0.4, 0.5) is 19.0 Å². The summed E-state index contributed by atoms with van der Waals surface area (Å²) in [5, 5.41) is 6.82. The van der Waals surface area contributed by atoms with E-state index in [1.54, 1.807) is 4.90 Å². The first kappa shape index (κ1) is 22.3. The van der Waals surface area contributed by atoms with E-state index in [0.717, 1.165) is 17.8 Å². The van der Waals surface area contributed by atoms with Gasteiger partial charge in [-0.15, -0.1) is 0 Å². The van der Waals surface area contributed by atoms with Gasteiger partial charge < -0.3 is 9.84 Å². The molecule has 0 bridgehead atoms. The molecule has 30 heavy (non-hydrogen) atoms. The van der Waals surface area contributed by atoms with Gasteiger partial charge in [-0.05, 0) is 32.9 Å². The van der Waals surface area contributed by atoms with Crippen LogP contribution < -0.4 is 5.32 Å². The third-order valence-corrected chi connectivity index (χ3v) is 7.51. The zero-order valence-electron chi connectivity index (χ0n) is 16.4. The molecule has 0 aliphatic carbocycles. The molecule has 1 fully saturated rings. The fourth-order valence-electron chi connectivity index (χ4n) is 3.55. The van der Waals surface area contributed by atoms with E-state index in [4.69, 9.17) is 0 Å². The van der Waals surface area contributed by atoms with Crippen LogP contribution in [0.25, 0.3) is 0 Å². The Morgan fingerprint density at radius 1 is 1.40 bits per heavy atom. The summed E-state index contributed by atoms with van der Waals surface area (Å²) in [5.74, 6) is -0.985. The van der Waals surface area contributed by atoms with Crippen molar-refractivity contribution in [3.63, 3.8) is 0 Å². The molecule has 1 N–H and O–H groups in total. The number of sulfone groups is 1. The van der Waals surface area contributed by atoms with E-state index in [1.807, 2.05) is 0 Å². The molecule has 2 aromatic heterocycles. The number of likely N-dealkylation sites (tertiary alicyclic amines) is 1. The van der Waals surface area contributed by atoms with Crippen molar-refractivity contribution < 1.29 is 30.9 Å². The number of aromatic nitrogens is 3. The van der Waals surface area contributed by atoms with Gasteiger partial charge in [0, 0.05) is 25.2 Å². The molecule has 9 nitrogen and oxygen atoms in total. The molecule has 1 aliphatic heterocycles. The number of halogens is 3. The average Bonchev–Trinajstić information content (AvgIpc) is 3.31. The second-order valence-corrected chi connectivity index (χ2v) is 9.57. The maximum Gasteiger partial charge on any atom is 0.283 e. The molecule has 0 spiro atoms. The van der Waals surface area contributed by atoms with Crippen molar-refractivity contribution in [3.05, 3.63) is 24.2 Å². The van der Waals surface area contributed by atoms with Crippen LogP contribution >= 0.6 is 0 Å². The number of nitrogens with one attached hydrogen (secondary N) is 1. The van der Waals surface area contributed by atoms with E-state index in [2.05, 4.69) is 20.1 Å². The summed E-state index contributed by atoms with van der Waals surface area (Å²) in [5.41, 5.74) is -0.955. The molecule has 2 aromatic rings. The molecule has 1 amide bonds. The average molecular weight is 449 g/mol. The molecule has 1 saturated heterocycles. The van der Waals surface area contributed by atoms with E-state index in [-0.39, 0.29) is 44.2 Å². The number of hydrogen-bond donors (Lipinski definition) is 1. The van der Waals surface area contributed by atoms with Gasteiger partial charge in [0.15, 0.2) is 5.82 Å². The van der Waals surface area contributed by atoms with Gasteiger partial charge in [-0.3, -0.25) is 14.4 Å². The van der Waals surface area contributed by atoms with Crippen LogP contribution in [0.2, 0.25) is 0 Å². The van der Waals surface area contributed by atoms with Crippen molar-refractivity contribution in [1.29, 1.82) is 0 Å². The summed E-state index contributed by atoms with van der Waals surface area (Å²) in [6.45, 7) is 1.48. The van der Waals surface area contributed by atoms with Crippen molar-refractivity contribution in [2.45, 2.75) is 36.1 Å². The number of amides is 1. The van der Waals surface area contributed by atoms with Crippen LogP contribution in [-0.4, -0.2) is 58.8 Å². The zero-order chi connectivity index (χ0) is 22.1. The number of aryl methyl sites for hydroxylation is 1. The first-order chi connectivity index (χ1) is 14.0. The summed E-state index contributed by atoms with van der Waals surface area (Å²) < 4.78 is 73.2. The monoisotopic (exact) mass is 449 g/mol. The van der Waals surface area contributed by atoms with Gasteiger partial charge >= 0.3 is 0 Å². The number of hydrogen-bond acceptors (Lipinski definition) is 7. The second kappa shape index (κ2) is 8.38. The first-order valence-corrected chi connectivity index (χ1v) is 10.7. The number of anilines is 1. The fraction of sp³-hybridized carbons (Fsp3) is 0.588. The highest BCUT2D eigenvalue weighted by Gasteiger charge is 2.50. The number of carbonyl (C=O) groups excluding carboxylic acids is 1. The van der Waals surface area contributed by atoms with Gasteiger partial charge in [0.25, 0.3) is 6.43 Å². The fourth-order valence-corrected chi connectivity index (χ4v) is 5.35. The zero-order valence-corrected chi connectivity index (χ0v) is 17.2. The molecule has 13 heteroatoms. The minimum Gasteiger partial charge on any atom is -0.363 e. The Morgan fingerprint density at radius 3 is 2.63 bits per heavy atom. The van der Waals surface area contributed by atoms with E-state index in [0.29, 0.717) is 0 Å². The van der Waals surface area contributed by atoms with Crippen LogP contribution in [0.15, 0.2) is 27.9 Å². The Kier molecular flexibility index (Phi) is 6.22. The van der Waals surface area contributed by atoms with Crippen molar-refractivity contribution in [1.82, 2.24) is 19.8 Å². The van der Waals surface area contributed by atoms with Crippen LogP contribution in [0.1, 0.15) is 31.9 Å². The molecule has 0 unspecified atom stereocenters. The van der Waals surface area contributed by atoms with Gasteiger partial charge in [-0.2, -0.15) is 5.10 Å². The van der Waals surface area contributed by atoms with E-state index in [9.17, 15) is 22.0 Å². The maximum absolute atomic E-state index is 15.5. The van der Waals surface area contributed by atoms with Crippen LogP contribution in [0, 0.1) is 5.92 Å². The predicted octanol–water partition coefficient (Wildman–Crippen LogP) is 2.16. The standard InChI is InChI=1S/C17H22F3N5O4S/c1-17(20,30(27,28)12-9-24(2)22-15(12)16(18)19)11-3-6-25(7-4-11)10-14(26)21-13-5-8-29-23-13/h5,8-9,11,16H,3-4,6-7,10H2,1-2H3,(H,21,23,26)/t17-/m1/s1. The summed E-state index contributed by atoms with van der Waals surface area (Å²) in [6, 6.07) is 1.48. The lowest BCUT2D eigenvalue weighted by Gasteiger charge is -2.37. The Balaban J connectivity index is 1.66. The Morgan fingerprint density at radius 2 is 2.07 bits per heavy atom. The van der Waals surface area contributed by atoms with Crippen molar-refractivity contribution in [2.75, 3.05) is 25.0 Å². The minimum atomic E-state index is -4.71. The quantitative estimate of drug-likeness (QED) is 0.690. The normalized spacial score (nSPS) is 18.5. The molecule has 0 saturated carbocycles. The van der Waals surface area contributed by atoms with E-state index >= 15 is 4.39 Å². The van der Waals surface area contributed by atoms with E-state index < -0.39 is 37.8 Å². The van der Waals surface area contributed by atoms with Gasteiger partial charge in [-0.25, -0.2) is 21.6 Å². The van der Waals surface area contributed by atoms with Gasteiger partial charge in [0.2, 0.25) is 20.7 Å². The van der Waals surface area contributed by atoms with Gasteiger partial charge in [-0.1, -0.05) is 5.16 Å². The number of nitrogens with zero attached hydrogens (tertiary/aromatic N) is 4. The minimum absolute atomic E-state index is 0.0213. The summed E-state index contributed by atoms with van der Waals surface area (Å²) in [6.07, 6.45) is -0.637. The van der Waals surface area contributed by atoms with E-state index in [1.165, 1.54) is 19.4 Å². The Bertz CT molecular complexity index is 983. The lowest BCUT2D eigenvalue weighted by atomic mass is 9.92. The predicted molar refractivity (Wildman–Crippen MR) is 99.2 cm³/mol. The third kappa shape index (κ3) is 4.36. The molecule has 1 atom stereocenters. The molecular weight excluding hydrogens is 427 g/mol. The SMILES string of the molecule is Cn1cc(S(=O)(=O)[C@@](C)(F)C2CCN(CC(=O)Nc3ccon3)CC2)c(C(F)F)n1. The molecular formula is C17H22F3N5O4S. The lowest BCUT2D eigenvalue weighted by Crippen LogP contribution is -2.47. The highest BCUT2D eigenvalue weighted by atomic mass is 32.2. The topological polar surface area (TPSA) is 110 Å². The van der Waals surface area contributed by atoms with Crippen LogP contribution in [0.5, 0.6) is 0 Å². The highest BCUT2D eigenvalue weighted by molar-refractivity contribution is 7.92. The molecule has 3 heterocycles. The Labute approximate surface area is 171 Å². The number of alkyl halides is 3. The second-order valence-electron chi connectivity index (χ2n) is 7.33. The van der Waals surface area contributed by atoms with Crippen LogP contribution in [0.3, 0.4) is 0 Å². The lowest BCUT2D eigenvalue weighted by molar-refractivity contribution is -0.117. The molecule has 166 valence electrons. The maximum atomic E-state index is 15.5. The Hall–Kier alpha value is -2.41. The summed E-state index contributed by atoms with van der Waals surface area (Å²) in [4.78, 5) is 13.0. The summed E-state index contributed by atoms with van der Waals surface area (Å²) in [7, 11) is -3.42. The third-order valence-electron chi connectivity index (χ3n) is 5.23. The van der Waals surface area contributed by atoms with Crippen molar-refractivity contribution >= 4 is 21.6 Å². The summed E-state index contributed by atoms with van der Waals surface area (Å²) >= 11 is 0. The highest BCUT2D eigenvalue weighted by Crippen LogP contribution is 2.41. The van der Waals surface area contributed by atoms with Gasteiger partial charge in [0.05, 0.1) is 6.54 Å². The van der Waals surface area contributed by atoms with Gasteiger partial charge in [0.1, 0.15) is 16.9 Å². The number of piperidine rings is 1. The molecule has 3 rings (SSSR count). The van der Waals surface area contributed by atoms with Crippen LogP contribution in [-0.2, 0) is 21.7 Å². The molecule has 1 aliphatic rings. The largest absolute Gasteiger partial charge is 0.363 e. The number of rotatable bonds is 7. The molecule has 0 aromatic carbocycles. The first-order valence-electron chi connectivity index (χ1n) is 9.20. The van der Waals surface area contributed by atoms with Crippen molar-refractivity contribution in [3.8, 4) is 0 Å². The van der Waals surface area contributed by atoms with Crippen molar-refractivity contribution in [2.24, 2.45) is 13.0 Å². The number of carbonyl (C=O) groups is 1. The smallest absolute Gasteiger partial charge is 0.283 e.